The van der Waals surface area contributed by atoms with Crippen LogP contribution in [0.5, 0.6) is 0 Å². The quantitative estimate of drug-likeness (QED) is 0.134. The minimum absolute atomic E-state index is 0.0601. The summed E-state index contributed by atoms with van der Waals surface area (Å²) in [6, 6.07) is 0. The summed E-state index contributed by atoms with van der Waals surface area (Å²) in [5.74, 6) is 1.35. The molecule has 0 heterocycles. The first-order chi connectivity index (χ1) is 20.7. The van der Waals surface area contributed by atoms with Crippen LogP contribution >= 0.6 is 0 Å². The zero-order chi connectivity index (χ0) is 30.6. The second-order valence-electron chi connectivity index (χ2n) is 15.9. The van der Waals surface area contributed by atoms with Gasteiger partial charge in [0.05, 0.1) is 5.60 Å². The van der Waals surface area contributed by atoms with Crippen molar-refractivity contribution in [1.82, 2.24) is 0 Å². The van der Waals surface area contributed by atoms with Gasteiger partial charge in [-0.3, -0.25) is 9.59 Å². The number of carbonyl (C=O) groups is 2. The van der Waals surface area contributed by atoms with Gasteiger partial charge in [-0.15, -0.1) is 0 Å². The normalized spacial score (nSPS) is 37.9. The van der Waals surface area contributed by atoms with E-state index >= 15 is 0 Å². The van der Waals surface area contributed by atoms with Crippen molar-refractivity contribution in [3.63, 3.8) is 0 Å². The van der Waals surface area contributed by atoms with Crippen LogP contribution in [0, 0.1) is 28.6 Å². The molecule has 5 rings (SSSR count). The molecular formula is C38H62O5. The van der Waals surface area contributed by atoms with Crippen LogP contribution in [0.4, 0.5) is 0 Å². The van der Waals surface area contributed by atoms with Crippen LogP contribution in [-0.4, -0.2) is 41.8 Å². The van der Waals surface area contributed by atoms with E-state index in [2.05, 4.69) is 13.8 Å². The van der Waals surface area contributed by atoms with Gasteiger partial charge in [0.1, 0.15) is 12.2 Å². The van der Waals surface area contributed by atoms with Crippen molar-refractivity contribution in [2.45, 2.75) is 173 Å². The molecule has 0 aromatic carbocycles. The van der Waals surface area contributed by atoms with Crippen molar-refractivity contribution < 1.29 is 24.2 Å². The van der Waals surface area contributed by atoms with E-state index in [1.54, 1.807) is 6.08 Å². The maximum atomic E-state index is 12.8. The van der Waals surface area contributed by atoms with Gasteiger partial charge in [0.25, 0.3) is 0 Å². The van der Waals surface area contributed by atoms with E-state index in [-0.39, 0.29) is 34.6 Å². The van der Waals surface area contributed by atoms with Crippen molar-refractivity contribution >= 4 is 11.8 Å². The van der Waals surface area contributed by atoms with Crippen LogP contribution in [0.2, 0.25) is 0 Å². The fraction of sp³-hybridized carbons (Fsp3) is 0.895. The Bertz CT molecular complexity index is 1000. The highest BCUT2D eigenvalue weighted by Gasteiger charge is 2.68. The molecule has 0 aromatic rings. The lowest BCUT2D eigenvalue weighted by molar-refractivity contribution is -0.158. The molecule has 4 saturated carbocycles. The number of ether oxygens (including phenoxy) is 2. The zero-order valence-corrected chi connectivity index (χ0v) is 27.9. The predicted octanol–water partition coefficient (Wildman–Crippen LogP) is 9.04. The third-order valence-electron chi connectivity index (χ3n) is 13.3. The number of hydrogen-bond acceptors (Lipinski definition) is 5. The molecule has 5 aliphatic rings. The molecule has 0 aromatic heterocycles. The highest BCUT2D eigenvalue weighted by molar-refractivity contribution is 5.95. The average Bonchev–Trinajstić information content (AvgIpc) is 3.42. The summed E-state index contributed by atoms with van der Waals surface area (Å²) < 4.78 is 12.3. The number of unbranched alkanes of at least 4 members (excludes halogenated alkanes) is 12. The Labute approximate surface area is 262 Å². The highest BCUT2D eigenvalue weighted by atomic mass is 16.6. The van der Waals surface area contributed by atoms with Crippen molar-refractivity contribution in [1.29, 1.82) is 0 Å². The SMILES string of the molecule is CCCCCCCCCCCCCCCC(=O)OC[C@@]1(OC)C[C@@]23CC[C@@H]4C5=CC(=O)C[C@]5(O)CC[C@@]4(C)[C@@H]2CC[C@@H]1C3. The third kappa shape index (κ3) is 6.83. The van der Waals surface area contributed by atoms with Crippen molar-refractivity contribution in [2.75, 3.05) is 13.7 Å². The minimum atomic E-state index is -0.892. The van der Waals surface area contributed by atoms with Crippen molar-refractivity contribution in [2.24, 2.45) is 28.6 Å². The molecule has 4 fully saturated rings. The monoisotopic (exact) mass is 598 g/mol. The number of aliphatic hydroxyl groups is 1. The van der Waals surface area contributed by atoms with Gasteiger partial charge in [0, 0.05) is 20.0 Å². The molecule has 5 heteroatoms. The number of hydrogen-bond donors (Lipinski definition) is 1. The van der Waals surface area contributed by atoms with Gasteiger partial charge in [-0.05, 0) is 98.0 Å². The molecule has 0 saturated heterocycles. The summed E-state index contributed by atoms with van der Waals surface area (Å²) in [7, 11) is 1.83. The van der Waals surface area contributed by atoms with Gasteiger partial charge < -0.3 is 14.6 Å². The molecule has 43 heavy (non-hydrogen) atoms. The van der Waals surface area contributed by atoms with Crippen molar-refractivity contribution in [3.05, 3.63) is 11.6 Å². The third-order valence-corrected chi connectivity index (χ3v) is 13.3. The Kier molecular flexibility index (Phi) is 10.8. The largest absolute Gasteiger partial charge is 0.463 e. The Hall–Kier alpha value is -1.20. The first kappa shape index (κ1) is 33.2. The average molecular weight is 599 g/mol. The van der Waals surface area contributed by atoms with Crippen LogP contribution < -0.4 is 0 Å². The number of fused-ring (bicyclic) bond motifs is 5. The van der Waals surface area contributed by atoms with Gasteiger partial charge >= 0.3 is 5.97 Å². The van der Waals surface area contributed by atoms with E-state index in [1.165, 1.54) is 77.0 Å². The smallest absolute Gasteiger partial charge is 0.305 e. The summed E-state index contributed by atoms with van der Waals surface area (Å²) in [6.07, 6.45) is 27.8. The van der Waals surface area contributed by atoms with Gasteiger partial charge in [0.2, 0.25) is 0 Å². The number of methoxy groups -OCH3 is 1. The van der Waals surface area contributed by atoms with Gasteiger partial charge in [-0.2, -0.15) is 0 Å². The maximum Gasteiger partial charge on any atom is 0.305 e. The minimum Gasteiger partial charge on any atom is -0.463 e. The van der Waals surface area contributed by atoms with Gasteiger partial charge in [-0.25, -0.2) is 0 Å². The first-order valence-electron chi connectivity index (χ1n) is 18.4. The molecule has 1 N–H and O–H groups in total. The van der Waals surface area contributed by atoms with Crippen LogP contribution in [-0.2, 0) is 19.1 Å². The second kappa shape index (κ2) is 14.1. The van der Waals surface area contributed by atoms with Gasteiger partial charge in [0.15, 0.2) is 5.78 Å². The molecule has 0 radical (unpaired) electrons. The summed E-state index contributed by atoms with van der Waals surface area (Å²) >= 11 is 0. The van der Waals surface area contributed by atoms with Crippen LogP contribution in [0.25, 0.3) is 0 Å². The first-order valence-corrected chi connectivity index (χ1v) is 18.4. The molecule has 0 amide bonds. The van der Waals surface area contributed by atoms with E-state index in [9.17, 15) is 14.7 Å². The molecule has 0 aliphatic heterocycles. The Morgan fingerprint density at radius 1 is 0.907 bits per heavy atom. The Morgan fingerprint density at radius 2 is 1.56 bits per heavy atom. The molecular weight excluding hydrogens is 536 g/mol. The summed E-state index contributed by atoms with van der Waals surface area (Å²) in [5, 5.41) is 11.3. The lowest BCUT2D eigenvalue weighted by Crippen LogP contribution is -2.56. The topological polar surface area (TPSA) is 72.8 Å². The number of carbonyl (C=O) groups excluding carboxylic acids is 2. The van der Waals surface area contributed by atoms with Crippen LogP contribution in [0.1, 0.15) is 162 Å². The predicted molar refractivity (Wildman–Crippen MR) is 172 cm³/mol. The molecule has 5 nitrogen and oxygen atoms in total. The van der Waals surface area contributed by atoms with E-state index in [4.69, 9.17) is 9.47 Å². The number of allylic oxidation sites excluding steroid dienone is 1. The maximum absolute atomic E-state index is 12.8. The van der Waals surface area contributed by atoms with E-state index in [0.29, 0.717) is 37.2 Å². The molecule has 2 bridgehead atoms. The summed E-state index contributed by atoms with van der Waals surface area (Å²) in [6.45, 7) is 5.12. The molecule has 7 atom stereocenters. The standard InChI is InChI=1S/C38H62O5/c1-4-5-6-7-8-9-10-11-12-13-14-15-16-17-34(40)43-28-38(42-3)27-36-21-20-31-32-24-30(39)26-37(32,41)23-22-35(31,2)33(36)19-18-29(38)25-36/h24,29,31,33,41H,4-23,25-28H2,1-3H3/t29-,31-,33+,35-,36+,37-,38+/m1/s1. The Balaban J connectivity index is 1.04. The van der Waals surface area contributed by atoms with E-state index < -0.39 is 5.60 Å². The fourth-order valence-corrected chi connectivity index (χ4v) is 11.0. The van der Waals surface area contributed by atoms with E-state index in [1.807, 2.05) is 7.11 Å². The molecule has 5 aliphatic carbocycles. The summed E-state index contributed by atoms with van der Waals surface area (Å²) in [4.78, 5) is 25.1. The lowest BCUT2D eigenvalue weighted by Gasteiger charge is -2.62. The Morgan fingerprint density at radius 3 is 2.21 bits per heavy atom. The van der Waals surface area contributed by atoms with Crippen molar-refractivity contribution in [3.8, 4) is 0 Å². The van der Waals surface area contributed by atoms with E-state index in [0.717, 1.165) is 56.9 Å². The summed E-state index contributed by atoms with van der Waals surface area (Å²) in [5.41, 5.74) is 0.101. The molecule has 244 valence electrons. The highest BCUT2D eigenvalue weighted by Crippen LogP contribution is 2.73. The van der Waals surface area contributed by atoms with Gasteiger partial charge in [-0.1, -0.05) is 90.9 Å². The number of ketones is 1. The lowest BCUT2D eigenvalue weighted by atomic mass is 9.43. The fourth-order valence-electron chi connectivity index (χ4n) is 11.0. The number of rotatable bonds is 17. The zero-order valence-electron chi connectivity index (χ0n) is 27.9. The number of esters is 1. The van der Waals surface area contributed by atoms with Crippen LogP contribution in [0.3, 0.4) is 0 Å². The molecule has 1 spiro atoms. The molecule has 0 unspecified atom stereocenters. The van der Waals surface area contributed by atoms with Crippen LogP contribution in [0.15, 0.2) is 11.6 Å². The second-order valence-corrected chi connectivity index (χ2v) is 15.9.